The summed E-state index contributed by atoms with van der Waals surface area (Å²) in [5, 5.41) is 2.16. The Hall–Kier alpha value is -2.81. The Balaban J connectivity index is 2.81. The van der Waals surface area contributed by atoms with Crippen molar-refractivity contribution >= 4 is 35.6 Å². The van der Waals surface area contributed by atoms with Crippen LogP contribution >= 0.6 is 11.6 Å². The Bertz CT molecular complexity index is 886. The summed E-state index contributed by atoms with van der Waals surface area (Å²) in [4.78, 5) is 43.9. The van der Waals surface area contributed by atoms with Crippen LogP contribution in [-0.4, -0.2) is 59.0 Å². The van der Waals surface area contributed by atoms with E-state index in [0.29, 0.717) is 10.6 Å². The van der Waals surface area contributed by atoms with Gasteiger partial charge in [0.2, 0.25) is 0 Å². The lowest BCUT2D eigenvalue weighted by atomic mass is 9.96. The van der Waals surface area contributed by atoms with Crippen LogP contribution in [0.3, 0.4) is 0 Å². The number of rotatable bonds is 5. The van der Waals surface area contributed by atoms with Gasteiger partial charge in [-0.1, -0.05) is 37.6 Å². The molecule has 1 aromatic rings. The lowest BCUT2D eigenvalue weighted by molar-refractivity contribution is -0.162. The predicted octanol–water partition coefficient (Wildman–Crippen LogP) is 4.23. The molecule has 0 unspecified atom stereocenters. The normalized spacial score (nSPS) is 18.5. The molecule has 2 rings (SSSR count). The van der Waals surface area contributed by atoms with E-state index in [2.05, 4.69) is 4.99 Å². The number of halogens is 1. The molecule has 0 radical (unpaired) electrons. The Morgan fingerprint density at radius 1 is 1.00 bits per heavy atom. The minimum atomic E-state index is -1.89. The van der Waals surface area contributed by atoms with Crippen LogP contribution in [0.25, 0.3) is 0 Å². The molecule has 1 aromatic carbocycles. The fraction of sp³-hybridized carbons (Fsp3) is 0.524. The molecule has 0 N–H and O–H groups in total. The maximum Gasteiger partial charge on any atom is 0.435 e. The number of hydrogen-bond donors (Lipinski definition) is 0. The third kappa shape index (κ3) is 4.76. The highest BCUT2D eigenvalue weighted by Gasteiger charge is 2.61. The Morgan fingerprint density at radius 2 is 1.58 bits per heavy atom. The zero-order valence-corrected chi connectivity index (χ0v) is 19.5. The van der Waals surface area contributed by atoms with E-state index in [9.17, 15) is 14.4 Å². The number of amidine groups is 1. The predicted molar refractivity (Wildman–Crippen MR) is 114 cm³/mol. The van der Waals surface area contributed by atoms with Crippen LogP contribution in [0.1, 0.15) is 47.1 Å². The molecule has 9 nitrogen and oxygen atoms in total. The maximum absolute atomic E-state index is 13.2. The van der Waals surface area contributed by atoms with E-state index < -0.39 is 41.9 Å². The molecule has 1 aliphatic rings. The standard InChI is InChI=1S/C21H28ClN3O6/c1-12(2)21(18(26)29-7)23-17(15-9-8-10-16(22)11-15)24(19(27)30-13(3)4)25(21)20(28)31-14(5)6/h8-14H,1-7H3/t21-/m0/s1. The van der Waals surface area contributed by atoms with Crippen molar-refractivity contribution in [3.63, 3.8) is 0 Å². The molecule has 1 heterocycles. The zero-order chi connectivity index (χ0) is 23.5. The highest BCUT2D eigenvalue weighted by Crippen LogP contribution is 2.38. The SMILES string of the molecule is COC(=O)[C@@]1(C(C)C)N=C(c2cccc(Cl)c2)N(C(=O)OC(C)C)N1C(=O)OC(C)C. The Labute approximate surface area is 186 Å². The van der Waals surface area contributed by atoms with Crippen molar-refractivity contribution in [2.45, 2.75) is 59.4 Å². The van der Waals surface area contributed by atoms with Gasteiger partial charge in [0.1, 0.15) is 0 Å². The molecular weight excluding hydrogens is 426 g/mol. The summed E-state index contributed by atoms with van der Waals surface area (Å²) in [5.41, 5.74) is -1.49. The first-order valence-electron chi connectivity index (χ1n) is 9.91. The van der Waals surface area contributed by atoms with Crippen LogP contribution in [-0.2, 0) is 19.0 Å². The summed E-state index contributed by atoms with van der Waals surface area (Å²) in [6.45, 7) is 10.00. The monoisotopic (exact) mass is 453 g/mol. The number of esters is 1. The molecule has 0 saturated carbocycles. The van der Waals surface area contributed by atoms with Crippen LogP contribution in [0.2, 0.25) is 5.02 Å². The number of carbonyl (C=O) groups is 3. The molecule has 0 aromatic heterocycles. The molecule has 0 bridgehead atoms. The van der Waals surface area contributed by atoms with Gasteiger partial charge >= 0.3 is 18.2 Å². The maximum atomic E-state index is 13.2. The van der Waals surface area contributed by atoms with Crippen LogP contribution < -0.4 is 0 Å². The molecule has 1 atom stereocenters. The number of ether oxygens (including phenoxy) is 3. The molecule has 0 saturated heterocycles. The summed E-state index contributed by atoms with van der Waals surface area (Å²) in [6.07, 6.45) is -2.87. The lowest BCUT2D eigenvalue weighted by Gasteiger charge is -2.38. The van der Waals surface area contributed by atoms with Gasteiger partial charge < -0.3 is 14.2 Å². The number of methoxy groups -OCH3 is 1. The first-order valence-corrected chi connectivity index (χ1v) is 10.3. The van der Waals surface area contributed by atoms with E-state index in [1.54, 1.807) is 65.8 Å². The van der Waals surface area contributed by atoms with Crippen molar-refractivity contribution in [2.75, 3.05) is 7.11 Å². The third-order valence-corrected chi connectivity index (χ3v) is 4.63. The molecule has 170 valence electrons. The van der Waals surface area contributed by atoms with E-state index >= 15 is 0 Å². The second-order valence-electron chi connectivity index (χ2n) is 7.81. The summed E-state index contributed by atoms with van der Waals surface area (Å²) >= 11 is 6.14. The average Bonchev–Trinajstić information content (AvgIpc) is 3.04. The van der Waals surface area contributed by atoms with Gasteiger partial charge in [0, 0.05) is 16.5 Å². The van der Waals surface area contributed by atoms with E-state index in [1.165, 1.54) is 7.11 Å². The number of amides is 2. The van der Waals surface area contributed by atoms with Crippen molar-refractivity contribution in [3.8, 4) is 0 Å². The number of aliphatic imine (C=N–C) groups is 1. The van der Waals surface area contributed by atoms with Gasteiger partial charge in [-0.2, -0.15) is 10.0 Å². The number of hydrazine groups is 1. The minimum Gasteiger partial charge on any atom is -0.466 e. The van der Waals surface area contributed by atoms with Gasteiger partial charge in [-0.05, 0) is 39.8 Å². The highest BCUT2D eigenvalue weighted by molar-refractivity contribution is 6.31. The fourth-order valence-corrected chi connectivity index (χ4v) is 3.29. The molecular formula is C21H28ClN3O6. The van der Waals surface area contributed by atoms with E-state index in [4.69, 9.17) is 25.8 Å². The average molecular weight is 454 g/mol. The zero-order valence-electron chi connectivity index (χ0n) is 18.7. The Kier molecular flexibility index (Phi) is 7.54. The van der Waals surface area contributed by atoms with Crippen LogP contribution in [0.4, 0.5) is 9.59 Å². The van der Waals surface area contributed by atoms with E-state index in [0.717, 1.165) is 10.0 Å². The van der Waals surface area contributed by atoms with Crippen molar-refractivity contribution in [3.05, 3.63) is 34.9 Å². The van der Waals surface area contributed by atoms with Gasteiger partial charge in [-0.25, -0.2) is 19.4 Å². The molecule has 10 heteroatoms. The molecule has 31 heavy (non-hydrogen) atoms. The minimum absolute atomic E-state index is 0.00737. The van der Waals surface area contributed by atoms with Crippen molar-refractivity contribution in [1.29, 1.82) is 0 Å². The van der Waals surface area contributed by atoms with E-state index in [-0.39, 0.29) is 5.84 Å². The molecule has 0 spiro atoms. The second kappa shape index (κ2) is 9.55. The molecule has 0 fully saturated rings. The van der Waals surface area contributed by atoms with Crippen LogP contribution in [0, 0.1) is 5.92 Å². The smallest absolute Gasteiger partial charge is 0.435 e. The summed E-state index contributed by atoms with van der Waals surface area (Å²) < 4.78 is 15.7. The number of hydrogen-bond acceptors (Lipinski definition) is 7. The van der Waals surface area contributed by atoms with Crippen molar-refractivity contribution in [2.24, 2.45) is 10.9 Å². The first-order chi connectivity index (χ1) is 14.4. The van der Waals surface area contributed by atoms with Crippen molar-refractivity contribution in [1.82, 2.24) is 10.0 Å². The van der Waals surface area contributed by atoms with Crippen LogP contribution in [0.5, 0.6) is 0 Å². The van der Waals surface area contributed by atoms with Gasteiger partial charge in [0.15, 0.2) is 5.84 Å². The van der Waals surface area contributed by atoms with Gasteiger partial charge in [-0.15, -0.1) is 0 Å². The topological polar surface area (TPSA) is 97.7 Å². The highest BCUT2D eigenvalue weighted by atomic mass is 35.5. The molecule has 0 aliphatic carbocycles. The first kappa shape index (κ1) is 24.5. The van der Waals surface area contributed by atoms with Gasteiger partial charge in [0.05, 0.1) is 19.3 Å². The Morgan fingerprint density at radius 3 is 2.06 bits per heavy atom. The summed E-state index contributed by atoms with van der Waals surface area (Å²) in [5.74, 6) is -1.42. The molecule has 2 amide bonds. The van der Waals surface area contributed by atoms with Gasteiger partial charge in [-0.3, -0.25) is 0 Å². The van der Waals surface area contributed by atoms with E-state index in [1.807, 2.05) is 0 Å². The molecule has 1 aliphatic heterocycles. The second-order valence-corrected chi connectivity index (χ2v) is 8.24. The van der Waals surface area contributed by atoms with Crippen LogP contribution in [0.15, 0.2) is 29.3 Å². The number of nitrogens with zero attached hydrogens (tertiary/aromatic N) is 3. The fourth-order valence-electron chi connectivity index (χ4n) is 3.10. The van der Waals surface area contributed by atoms with Crippen molar-refractivity contribution < 1.29 is 28.6 Å². The lowest BCUT2D eigenvalue weighted by Crippen LogP contribution is -2.63. The largest absolute Gasteiger partial charge is 0.466 e. The summed E-state index contributed by atoms with van der Waals surface area (Å²) in [7, 11) is 1.18. The van der Waals surface area contributed by atoms with Gasteiger partial charge in [0.25, 0.3) is 5.66 Å². The summed E-state index contributed by atoms with van der Waals surface area (Å²) in [6, 6.07) is 6.53. The number of carbonyl (C=O) groups excluding carboxylic acids is 3. The third-order valence-electron chi connectivity index (χ3n) is 4.39. The quantitative estimate of drug-likeness (QED) is 0.488. The number of benzene rings is 1.